The SMILES string of the molecule is CCC1CN(C(=O)O)Cc2cc(O)cnc21. The molecule has 0 saturated carbocycles. The number of carboxylic acid groups (broad SMARTS) is 1. The Balaban J connectivity index is 2.38. The Labute approximate surface area is 93.3 Å². The minimum atomic E-state index is -0.924. The molecule has 0 bridgehead atoms. The van der Waals surface area contributed by atoms with E-state index >= 15 is 0 Å². The molecule has 5 nitrogen and oxygen atoms in total. The molecule has 0 fully saturated rings. The highest BCUT2D eigenvalue weighted by Crippen LogP contribution is 2.30. The summed E-state index contributed by atoms with van der Waals surface area (Å²) >= 11 is 0. The van der Waals surface area contributed by atoms with Gasteiger partial charge in [0.2, 0.25) is 0 Å². The second-order valence-electron chi connectivity index (χ2n) is 4.01. The van der Waals surface area contributed by atoms with Gasteiger partial charge in [0, 0.05) is 12.5 Å². The molecular formula is C11H14N2O3. The van der Waals surface area contributed by atoms with E-state index in [1.54, 1.807) is 6.07 Å². The van der Waals surface area contributed by atoms with E-state index in [0.29, 0.717) is 13.1 Å². The van der Waals surface area contributed by atoms with Gasteiger partial charge >= 0.3 is 6.09 Å². The highest BCUT2D eigenvalue weighted by molar-refractivity contribution is 5.65. The molecule has 2 rings (SSSR count). The molecule has 1 atom stereocenters. The summed E-state index contributed by atoms with van der Waals surface area (Å²) in [6, 6.07) is 1.60. The van der Waals surface area contributed by atoms with E-state index < -0.39 is 6.09 Å². The number of hydrogen-bond donors (Lipinski definition) is 2. The van der Waals surface area contributed by atoms with Gasteiger partial charge < -0.3 is 15.1 Å². The zero-order valence-electron chi connectivity index (χ0n) is 9.05. The van der Waals surface area contributed by atoms with E-state index in [1.807, 2.05) is 6.92 Å². The number of amides is 1. The van der Waals surface area contributed by atoms with Crippen molar-refractivity contribution in [3.05, 3.63) is 23.5 Å². The van der Waals surface area contributed by atoms with E-state index in [4.69, 9.17) is 5.11 Å². The van der Waals surface area contributed by atoms with Crippen molar-refractivity contribution in [1.29, 1.82) is 0 Å². The maximum atomic E-state index is 11.0. The van der Waals surface area contributed by atoms with Crippen LogP contribution in [0.3, 0.4) is 0 Å². The van der Waals surface area contributed by atoms with Crippen molar-refractivity contribution < 1.29 is 15.0 Å². The van der Waals surface area contributed by atoms with E-state index in [-0.39, 0.29) is 11.7 Å². The van der Waals surface area contributed by atoms with E-state index in [0.717, 1.165) is 17.7 Å². The summed E-state index contributed by atoms with van der Waals surface area (Å²) in [7, 11) is 0. The maximum Gasteiger partial charge on any atom is 0.407 e. The predicted octanol–water partition coefficient (Wildman–Crippen LogP) is 1.77. The fourth-order valence-electron chi connectivity index (χ4n) is 2.09. The number of carbonyl (C=O) groups is 1. The van der Waals surface area contributed by atoms with Gasteiger partial charge in [-0.3, -0.25) is 4.98 Å². The van der Waals surface area contributed by atoms with Gasteiger partial charge in [0.05, 0.1) is 18.4 Å². The minimum absolute atomic E-state index is 0.0841. The molecule has 1 aliphatic heterocycles. The van der Waals surface area contributed by atoms with Gasteiger partial charge in [-0.05, 0) is 18.1 Å². The Morgan fingerprint density at radius 2 is 2.44 bits per heavy atom. The van der Waals surface area contributed by atoms with Crippen molar-refractivity contribution >= 4 is 6.09 Å². The standard InChI is InChI=1S/C11H14N2O3/c1-2-7-5-13(11(15)16)6-8-3-9(14)4-12-10(7)8/h3-4,7,14H,2,5-6H2,1H3,(H,15,16). The number of pyridine rings is 1. The van der Waals surface area contributed by atoms with Crippen LogP contribution in [0.15, 0.2) is 12.3 Å². The molecule has 1 unspecified atom stereocenters. The van der Waals surface area contributed by atoms with Crippen LogP contribution in [0, 0.1) is 0 Å². The lowest BCUT2D eigenvalue weighted by atomic mass is 9.93. The molecule has 0 radical (unpaired) electrons. The maximum absolute atomic E-state index is 11.0. The van der Waals surface area contributed by atoms with Gasteiger partial charge in [-0.25, -0.2) is 4.79 Å². The van der Waals surface area contributed by atoms with Crippen molar-refractivity contribution in [1.82, 2.24) is 9.88 Å². The highest BCUT2D eigenvalue weighted by atomic mass is 16.4. The van der Waals surface area contributed by atoms with Crippen LogP contribution < -0.4 is 0 Å². The summed E-state index contributed by atoms with van der Waals surface area (Å²) in [5.41, 5.74) is 1.72. The van der Waals surface area contributed by atoms with E-state index in [1.165, 1.54) is 11.1 Å². The molecule has 0 aromatic carbocycles. The minimum Gasteiger partial charge on any atom is -0.506 e. The third kappa shape index (κ3) is 1.80. The number of aromatic nitrogens is 1. The number of rotatable bonds is 1. The predicted molar refractivity (Wildman–Crippen MR) is 57.4 cm³/mol. The first-order valence-electron chi connectivity index (χ1n) is 5.27. The summed E-state index contributed by atoms with van der Waals surface area (Å²) in [6.45, 7) is 2.80. The van der Waals surface area contributed by atoms with Gasteiger partial charge in [-0.2, -0.15) is 0 Å². The summed E-state index contributed by atoms with van der Waals surface area (Å²) in [6.07, 6.45) is 1.33. The Morgan fingerprint density at radius 3 is 3.06 bits per heavy atom. The molecule has 16 heavy (non-hydrogen) atoms. The molecule has 0 spiro atoms. The average Bonchev–Trinajstić information content (AvgIpc) is 2.26. The fourth-order valence-corrected chi connectivity index (χ4v) is 2.09. The Morgan fingerprint density at radius 1 is 1.69 bits per heavy atom. The Bertz CT molecular complexity index is 420. The molecular weight excluding hydrogens is 208 g/mol. The third-order valence-corrected chi connectivity index (χ3v) is 2.94. The van der Waals surface area contributed by atoms with E-state index in [2.05, 4.69) is 4.98 Å². The van der Waals surface area contributed by atoms with Gasteiger partial charge in [0.15, 0.2) is 0 Å². The zero-order chi connectivity index (χ0) is 11.7. The van der Waals surface area contributed by atoms with E-state index in [9.17, 15) is 9.90 Å². The summed E-state index contributed by atoms with van der Waals surface area (Å²) in [5.74, 6) is 0.210. The topological polar surface area (TPSA) is 73.7 Å². The first-order valence-corrected chi connectivity index (χ1v) is 5.27. The Hall–Kier alpha value is -1.78. The summed E-state index contributed by atoms with van der Waals surface area (Å²) < 4.78 is 0. The van der Waals surface area contributed by atoms with Crippen LogP contribution in [-0.4, -0.2) is 32.7 Å². The fraction of sp³-hybridized carbons (Fsp3) is 0.455. The molecule has 1 amide bonds. The number of fused-ring (bicyclic) bond motifs is 1. The number of aromatic hydroxyl groups is 1. The van der Waals surface area contributed by atoms with Crippen molar-refractivity contribution in [2.24, 2.45) is 0 Å². The van der Waals surface area contributed by atoms with Gasteiger partial charge in [0.1, 0.15) is 5.75 Å². The monoisotopic (exact) mass is 222 g/mol. The summed E-state index contributed by atoms with van der Waals surface area (Å²) in [4.78, 5) is 16.5. The lowest BCUT2D eigenvalue weighted by Gasteiger charge is -2.31. The molecule has 0 saturated heterocycles. The second kappa shape index (κ2) is 4.00. The van der Waals surface area contributed by atoms with Gasteiger partial charge in [-0.1, -0.05) is 6.92 Å². The molecule has 1 aliphatic rings. The molecule has 2 heterocycles. The van der Waals surface area contributed by atoms with Crippen LogP contribution in [0.5, 0.6) is 5.75 Å². The first-order chi connectivity index (χ1) is 7.61. The van der Waals surface area contributed by atoms with Crippen molar-refractivity contribution in [2.75, 3.05) is 6.54 Å². The summed E-state index contributed by atoms with van der Waals surface area (Å²) in [5, 5.41) is 18.3. The highest BCUT2D eigenvalue weighted by Gasteiger charge is 2.28. The molecule has 5 heteroatoms. The van der Waals surface area contributed by atoms with Crippen molar-refractivity contribution in [2.45, 2.75) is 25.8 Å². The van der Waals surface area contributed by atoms with Crippen molar-refractivity contribution in [3.63, 3.8) is 0 Å². The van der Waals surface area contributed by atoms with Gasteiger partial charge in [-0.15, -0.1) is 0 Å². The molecule has 2 N–H and O–H groups in total. The molecule has 1 aromatic heterocycles. The lowest BCUT2D eigenvalue weighted by Crippen LogP contribution is -2.37. The number of nitrogens with zero attached hydrogens (tertiary/aromatic N) is 2. The second-order valence-corrected chi connectivity index (χ2v) is 4.01. The molecule has 1 aromatic rings. The normalized spacial score (nSPS) is 19.3. The lowest BCUT2D eigenvalue weighted by molar-refractivity contribution is 0.133. The van der Waals surface area contributed by atoms with Crippen LogP contribution in [0.2, 0.25) is 0 Å². The first kappa shape index (κ1) is 10.7. The third-order valence-electron chi connectivity index (χ3n) is 2.94. The van der Waals surface area contributed by atoms with Gasteiger partial charge in [0.25, 0.3) is 0 Å². The van der Waals surface area contributed by atoms with Crippen LogP contribution in [0.1, 0.15) is 30.5 Å². The van der Waals surface area contributed by atoms with Crippen LogP contribution in [-0.2, 0) is 6.54 Å². The van der Waals surface area contributed by atoms with Crippen LogP contribution in [0.4, 0.5) is 4.79 Å². The van der Waals surface area contributed by atoms with Crippen molar-refractivity contribution in [3.8, 4) is 5.75 Å². The largest absolute Gasteiger partial charge is 0.506 e. The van der Waals surface area contributed by atoms with Crippen LogP contribution >= 0.6 is 0 Å². The average molecular weight is 222 g/mol. The number of hydrogen-bond acceptors (Lipinski definition) is 3. The molecule has 86 valence electrons. The zero-order valence-corrected chi connectivity index (χ0v) is 9.05. The molecule has 0 aliphatic carbocycles. The quantitative estimate of drug-likeness (QED) is 0.759. The smallest absolute Gasteiger partial charge is 0.407 e. The van der Waals surface area contributed by atoms with Crippen LogP contribution in [0.25, 0.3) is 0 Å². The Kier molecular flexibility index (Phi) is 2.68.